The minimum atomic E-state index is -0.815. The van der Waals surface area contributed by atoms with Gasteiger partial charge in [-0.05, 0) is 52.3 Å². The maximum atomic E-state index is 12.3. The van der Waals surface area contributed by atoms with Gasteiger partial charge in [0.1, 0.15) is 11.6 Å². The van der Waals surface area contributed by atoms with Gasteiger partial charge in [0.2, 0.25) is 5.91 Å². The van der Waals surface area contributed by atoms with E-state index in [-0.39, 0.29) is 23.9 Å². The third kappa shape index (κ3) is 5.56. The fourth-order valence-electron chi connectivity index (χ4n) is 2.47. The molecule has 0 aliphatic heterocycles. The molecule has 2 atom stereocenters. The van der Waals surface area contributed by atoms with Gasteiger partial charge in [0, 0.05) is 23.2 Å². The molecule has 0 saturated carbocycles. The summed E-state index contributed by atoms with van der Waals surface area (Å²) in [5.41, 5.74) is 6.91. The minimum absolute atomic E-state index is 0. The summed E-state index contributed by atoms with van der Waals surface area (Å²) in [5.74, 6) is -0.360. The number of halogens is 1. The molecule has 0 radical (unpaired) electrons. The highest BCUT2D eigenvalue weighted by Gasteiger charge is 2.26. The van der Waals surface area contributed by atoms with Crippen LogP contribution in [-0.4, -0.2) is 23.7 Å². The summed E-state index contributed by atoms with van der Waals surface area (Å²) in [7, 11) is 0. The number of carbonyl (C=O) groups is 1. The minimum Gasteiger partial charge on any atom is -0.423 e. The van der Waals surface area contributed by atoms with Crippen molar-refractivity contribution in [1.82, 2.24) is 0 Å². The van der Waals surface area contributed by atoms with Gasteiger partial charge >= 0.3 is 5.63 Å². The van der Waals surface area contributed by atoms with Crippen molar-refractivity contribution < 1.29 is 13.9 Å². The van der Waals surface area contributed by atoms with E-state index in [9.17, 15) is 9.59 Å². The number of fused-ring (bicyclic) bond motifs is 1. The first-order valence-electron chi connectivity index (χ1n) is 7.85. The molecule has 1 aromatic heterocycles. The molecule has 3 N–H and O–H groups in total. The average Bonchev–Trinajstić information content (AvgIpc) is 2.43. The van der Waals surface area contributed by atoms with Gasteiger partial charge in [-0.3, -0.25) is 4.79 Å². The fraction of sp³-hybridized carbons (Fsp3) is 0.444. The highest BCUT2D eigenvalue weighted by atomic mass is 35.5. The fourth-order valence-corrected chi connectivity index (χ4v) is 2.47. The molecule has 6 nitrogen and oxygen atoms in total. The number of nitrogens with one attached hydrogen (secondary N) is 1. The molecule has 25 heavy (non-hydrogen) atoms. The van der Waals surface area contributed by atoms with Crippen LogP contribution in [0.2, 0.25) is 0 Å². The second-order valence-electron chi connectivity index (χ2n) is 6.91. The number of ether oxygens (including phenoxy) is 1. The van der Waals surface area contributed by atoms with Gasteiger partial charge in [-0.1, -0.05) is 0 Å². The van der Waals surface area contributed by atoms with Crippen LogP contribution in [0.1, 0.15) is 33.3 Å². The van der Waals surface area contributed by atoms with Crippen LogP contribution in [0.4, 0.5) is 5.69 Å². The number of hydrogen-bond acceptors (Lipinski definition) is 5. The predicted molar refractivity (Wildman–Crippen MR) is 101 cm³/mol. The summed E-state index contributed by atoms with van der Waals surface area (Å²) in [4.78, 5) is 23.8. The highest BCUT2D eigenvalue weighted by Crippen LogP contribution is 2.21. The lowest BCUT2D eigenvalue weighted by Gasteiger charge is -2.28. The largest absolute Gasteiger partial charge is 0.423 e. The van der Waals surface area contributed by atoms with Gasteiger partial charge in [-0.15, -0.1) is 12.4 Å². The zero-order chi connectivity index (χ0) is 18.1. The quantitative estimate of drug-likeness (QED) is 0.809. The molecule has 0 bridgehead atoms. The zero-order valence-corrected chi connectivity index (χ0v) is 15.9. The van der Waals surface area contributed by atoms with Crippen molar-refractivity contribution in [3.63, 3.8) is 0 Å². The number of rotatable bonds is 4. The monoisotopic (exact) mass is 368 g/mol. The Morgan fingerprint density at radius 3 is 2.52 bits per heavy atom. The SMILES string of the molecule is Cc1cc(=O)oc2cc(NC(=O)[C@@H](N)C(C)OC(C)(C)C)ccc12.Cl. The van der Waals surface area contributed by atoms with E-state index in [1.54, 1.807) is 25.1 Å². The predicted octanol–water partition coefficient (Wildman–Crippen LogP) is 2.99. The molecule has 0 aliphatic carbocycles. The molecule has 2 aromatic rings. The van der Waals surface area contributed by atoms with Crippen molar-refractivity contribution >= 4 is 35.0 Å². The smallest absolute Gasteiger partial charge is 0.336 e. The number of benzene rings is 1. The standard InChI is InChI=1S/C18H24N2O4.ClH/c1-10-8-15(21)23-14-9-12(6-7-13(10)14)20-17(22)16(19)11(2)24-18(3,4)5;/h6-9,11,16H,19H2,1-5H3,(H,20,22);1H/t11?,16-;/m0./s1. The van der Waals surface area contributed by atoms with Crippen molar-refractivity contribution in [2.24, 2.45) is 5.73 Å². The van der Waals surface area contributed by atoms with Crippen LogP contribution in [-0.2, 0) is 9.53 Å². The molecule has 1 unspecified atom stereocenters. The number of nitrogens with two attached hydrogens (primary N) is 1. The molecule has 1 heterocycles. The van der Waals surface area contributed by atoms with Crippen molar-refractivity contribution in [3.05, 3.63) is 40.2 Å². The Kier molecular flexibility index (Phi) is 6.76. The maximum absolute atomic E-state index is 12.3. The average molecular weight is 369 g/mol. The van der Waals surface area contributed by atoms with Crippen molar-refractivity contribution in [3.8, 4) is 0 Å². The lowest BCUT2D eigenvalue weighted by Crippen LogP contribution is -2.47. The molecule has 1 amide bonds. The highest BCUT2D eigenvalue weighted by molar-refractivity contribution is 5.97. The van der Waals surface area contributed by atoms with Crippen LogP contribution in [0.3, 0.4) is 0 Å². The van der Waals surface area contributed by atoms with Crippen LogP contribution in [0, 0.1) is 6.92 Å². The molecule has 0 spiro atoms. The van der Waals surface area contributed by atoms with Crippen molar-refractivity contribution in [1.29, 1.82) is 0 Å². The number of amides is 1. The summed E-state index contributed by atoms with van der Waals surface area (Å²) in [5, 5.41) is 3.55. The number of anilines is 1. The van der Waals surface area contributed by atoms with E-state index in [4.69, 9.17) is 14.9 Å². The molecule has 7 heteroatoms. The summed E-state index contributed by atoms with van der Waals surface area (Å²) < 4.78 is 10.9. The molecule has 1 aromatic carbocycles. The Morgan fingerprint density at radius 1 is 1.28 bits per heavy atom. The first kappa shape index (κ1) is 21.2. The summed E-state index contributed by atoms with van der Waals surface area (Å²) in [6.07, 6.45) is -0.439. The van der Waals surface area contributed by atoms with E-state index in [2.05, 4.69) is 5.32 Å². The lowest BCUT2D eigenvalue weighted by molar-refractivity contribution is -0.124. The van der Waals surface area contributed by atoms with Crippen LogP contribution >= 0.6 is 12.4 Å². The van der Waals surface area contributed by atoms with Gasteiger partial charge in [0.05, 0.1) is 11.7 Å². The third-order valence-electron chi connectivity index (χ3n) is 3.57. The first-order valence-corrected chi connectivity index (χ1v) is 7.85. The maximum Gasteiger partial charge on any atom is 0.336 e. The Bertz CT molecular complexity index is 811. The van der Waals surface area contributed by atoms with E-state index < -0.39 is 17.8 Å². The van der Waals surface area contributed by atoms with Crippen molar-refractivity contribution in [2.75, 3.05) is 5.32 Å². The molecular weight excluding hydrogens is 344 g/mol. The van der Waals surface area contributed by atoms with Crippen molar-refractivity contribution in [2.45, 2.75) is 52.4 Å². The summed E-state index contributed by atoms with van der Waals surface area (Å²) in [6.45, 7) is 9.31. The second-order valence-corrected chi connectivity index (χ2v) is 6.91. The molecule has 2 rings (SSSR count). The summed E-state index contributed by atoms with van der Waals surface area (Å²) in [6, 6.07) is 5.77. The van der Waals surface area contributed by atoms with Crippen LogP contribution in [0.15, 0.2) is 33.5 Å². The molecule has 0 fully saturated rings. The number of carbonyl (C=O) groups excluding carboxylic acids is 1. The number of hydrogen-bond donors (Lipinski definition) is 2. The molecule has 0 aliphatic rings. The Hall–Kier alpha value is -1.89. The van der Waals surface area contributed by atoms with Gasteiger partial charge in [-0.2, -0.15) is 0 Å². The Labute approximate surface area is 153 Å². The van der Waals surface area contributed by atoms with Crippen LogP contribution < -0.4 is 16.7 Å². The van der Waals surface area contributed by atoms with Gasteiger partial charge < -0.3 is 20.2 Å². The van der Waals surface area contributed by atoms with E-state index >= 15 is 0 Å². The summed E-state index contributed by atoms with van der Waals surface area (Å²) >= 11 is 0. The molecule has 138 valence electrons. The molecule has 0 saturated heterocycles. The van der Waals surface area contributed by atoms with Gasteiger partial charge in [0.15, 0.2) is 0 Å². The molecular formula is C18H25ClN2O4. The topological polar surface area (TPSA) is 94.6 Å². The Balaban J connectivity index is 0.00000312. The second kappa shape index (κ2) is 7.99. The van der Waals surface area contributed by atoms with Crippen LogP contribution in [0.25, 0.3) is 11.0 Å². The first-order chi connectivity index (χ1) is 11.1. The van der Waals surface area contributed by atoms with Gasteiger partial charge in [0.25, 0.3) is 0 Å². The lowest BCUT2D eigenvalue weighted by atomic mass is 10.1. The van der Waals surface area contributed by atoms with E-state index in [0.717, 1.165) is 10.9 Å². The zero-order valence-electron chi connectivity index (χ0n) is 15.1. The van der Waals surface area contributed by atoms with E-state index in [1.165, 1.54) is 6.07 Å². The number of aryl methyl sites for hydroxylation is 1. The normalized spacial score (nSPS) is 13.8. The van der Waals surface area contributed by atoms with E-state index in [0.29, 0.717) is 11.3 Å². The Morgan fingerprint density at radius 2 is 1.92 bits per heavy atom. The van der Waals surface area contributed by atoms with Gasteiger partial charge in [-0.25, -0.2) is 4.79 Å². The van der Waals surface area contributed by atoms with Crippen LogP contribution in [0.5, 0.6) is 0 Å². The van der Waals surface area contributed by atoms with E-state index in [1.807, 2.05) is 27.7 Å². The third-order valence-corrected chi connectivity index (χ3v) is 3.57.